The van der Waals surface area contributed by atoms with Gasteiger partial charge in [-0.2, -0.15) is 0 Å². The molecule has 0 radical (unpaired) electrons. The second kappa shape index (κ2) is 9.83. The van der Waals surface area contributed by atoms with Gasteiger partial charge in [0.25, 0.3) is 0 Å². The molecule has 0 aromatic heterocycles. The van der Waals surface area contributed by atoms with Gasteiger partial charge in [-0.25, -0.2) is 4.79 Å². The van der Waals surface area contributed by atoms with E-state index in [9.17, 15) is 9.59 Å². The quantitative estimate of drug-likeness (QED) is 0.748. The van der Waals surface area contributed by atoms with Gasteiger partial charge in [0.05, 0.1) is 0 Å². The lowest BCUT2D eigenvalue weighted by atomic mass is 10.0. The molecular formula is C26H31N3O4. The van der Waals surface area contributed by atoms with E-state index in [-0.39, 0.29) is 18.0 Å². The summed E-state index contributed by atoms with van der Waals surface area (Å²) in [7, 11) is 0. The van der Waals surface area contributed by atoms with Gasteiger partial charge >= 0.3 is 6.03 Å². The van der Waals surface area contributed by atoms with Gasteiger partial charge in [-0.3, -0.25) is 4.79 Å². The molecule has 174 valence electrons. The normalized spacial score (nSPS) is 20.5. The first-order valence-corrected chi connectivity index (χ1v) is 11.9. The number of urea groups is 1. The lowest BCUT2D eigenvalue weighted by Gasteiger charge is -2.32. The number of fused-ring (bicyclic) bond motifs is 1. The lowest BCUT2D eigenvalue weighted by molar-refractivity contribution is -0.134. The van der Waals surface area contributed by atoms with Crippen LogP contribution in [0.15, 0.2) is 48.5 Å². The third-order valence-electron chi connectivity index (χ3n) is 6.82. The van der Waals surface area contributed by atoms with Crippen molar-refractivity contribution in [2.75, 3.05) is 31.6 Å². The van der Waals surface area contributed by atoms with Crippen LogP contribution in [0.3, 0.4) is 0 Å². The summed E-state index contributed by atoms with van der Waals surface area (Å²) in [6.07, 6.45) is 3.37. The second-order valence-electron chi connectivity index (χ2n) is 9.21. The maximum Gasteiger partial charge on any atom is 0.322 e. The number of hydrogen-bond donors (Lipinski definition) is 1. The highest BCUT2D eigenvalue weighted by atomic mass is 16.5. The summed E-state index contributed by atoms with van der Waals surface area (Å²) in [6, 6.07) is 15.6. The Hall–Kier alpha value is -3.06. The zero-order chi connectivity index (χ0) is 22.6. The van der Waals surface area contributed by atoms with Crippen molar-refractivity contribution in [3.05, 3.63) is 59.7 Å². The molecule has 3 aliphatic heterocycles. The van der Waals surface area contributed by atoms with Gasteiger partial charge in [0.1, 0.15) is 11.9 Å². The molecule has 7 heteroatoms. The highest BCUT2D eigenvalue weighted by Gasteiger charge is 2.27. The summed E-state index contributed by atoms with van der Waals surface area (Å²) in [5.41, 5.74) is 3.16. The Labute approximate surface area is 194 Å². The van der Waals surface area contributed by atoms with Crippen LogP contribution in [0.1, 0.15) is 36.8 Å². The van der Waals surface area contributed by atoms with Crippen molar-refractivity contribution in [2.45, 2.75) is 44.9 Å². The summed E-state index contributed by atoms with van der Waals surface area (Å²) in [6.45, 7) is 4.25. The Bertz CT molecular complexity index is 954. The highest BCUT2D eigenvalue weighted by molar-refractivity contribution is 5.89. The lowest BCUT2D eigenvalue weighted by Crippen LogP contribution is -2.42. The third kappa shape index (κ3) is 5.30. The minimum atomic E-state index is -0.0962. The van der Waals surface area contributed by atoms with Crippen molar-refractivity contribution in [3.63, 3.8) is 0 Å². The van der Waals surface area contributed by atoms with Crippen LogP contribution in [0.4, 0.5) is 10.5 Å². The number of benzene rings is 2. The van der Waals surface area contributed by atoms with Gasteiger partial charge in [-0.1, -0.05) is 24.3 Å². The first-order valence-electron chi connectivity index (χ1n) is 11.9. The van der Waals surface area contributed by atoms with E-state index in [1.165, 1.54) is 11.1 Å². The van der Waals surface area contributed by atoms with Crippen molar-refractivity contribution >= 4 is 17.6 Å². The number of likely N-dealkylation sites (tertiary alicyclic amines) is 1. The molecule has 2 aromatic carbocycles. The van der Waals surface area contributed by atoms with Crippen molar-refractivity contribution in [2.24, 2.45) is 5.92 Å². The van der Waals surface area contributed by atoms with Gasteiger partial charge < -0.3 is 24.6 Å². The maximum absolute atomic E-state index is 12.6. The number of amides is 3. The van der Waals surface area contributed by atoms with Crippen molar-refractivity contribution in [1.82, 2.24) is 9.80 Å². The molecule has 3 aliphatic rings. The maximum atomic E-state index is 12.6. The number of ether oxygens (including phenoxy) is 2. The molecule has 0 saturated carbocycles. The van der Waals surface area contributed by atoms with E-state index >= 15 is 0 Å². The van der Waals surface area contributed by atoms with E-state index in [0.717, 1.165) is 50.4 Å². The Morgan fingerprint density at radius 1 is 0.939 bits per heavy atom. The van der Waals surface area contributed by atoms with Crippen LogP contribution in [-0.4, -0.2) is 54.1 Å². The fourth-order valence-corrected chi connectivity index (χ4v) is 4.83. The van der Waals surface area contributed by atoms with E-state index in [2.05, 4.69) is 17.4 Å². The molecule has 3 amide bonds. The smallest absolute Gasteiger partial charge is 0.322 e. The Morgan fingerprint density at radius 2 is 1.64 bits per heavy atom. The first-order chi connectivity index (χ1) is 16.1. The minimum Gasteiger partial charge on any atom is -0.490 e. The predicted octanol–water partition coefficient (Wildman–Crippen LogP) is 4.03. The van der Waals surface area contributed by atoms with Crippen LogP contribution in [0.5, 0.6) is 5.75 Å². The van der Waals surface area contributed by atoms with Crippen LogP contribution in [0.25, 0.3) is 0 Å². The van der Waals surface area contributed by atoms with E-state index < -0.39 is 0 Å². The molecule has 1 N–H and O–H groups in total. The number of piperidine rings is 1. The highest BCUT2D eigenvalue weighted by Crippen LogP contribution is 2.25. The molecule has 3 heterocycles. The third-order valence-corrected chi connectivity index (χ3v) is 6.82. The number of anilines is 1. The zero-order valence-corrected chi connectivity index (χ0v) is 18.9. The van der Waals surface area contributed by atoms with Crippen molar-refractivity contribution in [3.8, 4) is 5.75 Å². The SMILES string of the molecule is O=C(CC1CCOC1)N1CCC(Oc2ccc(NC(=O)N3Cc4ccccc4C3)cc2)CC1. The summed E-state index contributed by atoms with van der Waals surface area (Å²) < 4.78 is 11.5. The van der Waals surface area contributed by atoms with Gasteiger partial charge in [0.15, 0.2) is 0 Å². The van der Waals surface area contributed by atoms with E-state index in [1.807, 2.05) is 46.2 Å². The number of nitrogens with zero attached hydrogens (tertiary/aromatic N) is 2. The molecule has 33 heavy (non-hydrogen) atoms. The average Bonchev–Trinajstić information content (AvgIpc) is 3.50. The number of carbonyl (C=O) groups excluding carboxylic acids is 2. The number of carbonyl (C=O) groups is 2. The number of nitrogens with one attached hydrogen (secondary N) is 1. The first kappa shape index (κ1) is 21.8. The molecule has 0 aliphatic carbocycles. The zero-order valence-electron chi connectivity index (χ0n) is 18.9. The molecule has 5 rings (SSSR count). The molecule has 2 fully saturated rings. The van der Waals surface area contributed by atoms with Gasteiger partial charge in [0.2, 0.25) is 5.91 Å². The molecule has 1 atom stereocenters. The Morgan fingerprint density at radius 3 is 2.27 bits per heavy atom. The number of rotatable bonds is 5. The fourth-order valence-electron chi connectivity index (χ4n) is 4.83. The van der Waals surface area contributed by atoms with Gasteiger partial charge in [-0.15, -0.1) is 0 Å². The Balaban J connectivity index is 1.06. The Kier molecular flexibility index (Phi) is 6.48. The summed E-state index contributed by atoms with van der Waals surface area (Å²) in [5, 5.41) is 2.98. The van der Waals surface area contributed by atoms with Crippen LogP contribution in [-0.2, 0) is 22.6 Å². The van der Waals surface area contributed by atoms with E-state index in [4.69, 9.17) is 9.47 Å². The van der Waals surface area contributed by atoms with E-state index in [1.54, 1.807) is 0 Å². The predicted molar refractivity (Wildman–Crippen MR) is 125 cm³/mol. The second-order valence-corrected chi connectivity index (χ2v) is 9.21. The summed E-state index contributed by atoms with van der Waals surface area (Å²) in [4.78, 5) is 28.9. The minimum absolute atomic E-state index is 0.0962. The monoisotopic (exact) mass is 449 g/mol. The van der Waals surface area contributed by atoms with Crippen molar-refractivity contribution in [1.29, 1.82) is 0 Å². The topological polar surface area (TPSA) is 71.1 Å². The van der Waals surface area contributed by atoms with Crippen LogP contribution < -0.4 is 10.1 Å². The summed E-state index contributed by atoms with van der Waals surface area (Å²) in [5.74, 6) is 1.41. The molecule has 0 spiro atoms. The average molecular weight is 450 g/mol. The largest absolute Gasteiger partial charge is 0.490 e. The van der Waals surface area contributed by atoms with Gasteiger partial charge in [0, 0.05) is 64.3 Å². The van der Waals surface area contributed by atoms with Crippen LogP contribution in [0, 0.1) is 5.92 Å². The fraction of sp³-hybridized carbons (Fsp3) is 0.462. The molecule has 2 aromatic rings. The molecule has 2 saturated heterocycles. The standard InChI is InChI=1S/C26H31N3O4/c30-25(15-19-11-14-32-18-19)28-12-9-24(10-13-28)33-23-7-5-22(6-8-23)27-26(31)29-16-20-3-1-2-4-21(20)17-29/h1-8,19,24H,9-18H2,(H,27,31). The van der Waals surface area contributed by atoms with Gasteiger partial charge in [-0.05, 0) is 47.7 Å². The number of hydrogen-bond acceptors (Lipinski definition) is 4. The van der Waals surface area contributed by atoms with Crippen LogP contribution >= 0.6 is 0 Å². The molecule has 7 nitrogen and oxygen atoms in total. The van der Waals surface area contributed by atoms with Crippen LogP contribution in [0.2, 0.25) is 0 Å². The molecule has 1 unspecified atom stereocenters. The molecule has 0 bridgehead atoms. The molecular weight excluding hydrogens is 418 g/mol. The van der Waals surface area contributed by atoms with Crippen molar-refractivity contribution < 1.29 is 19.1 Å². The van der Waals surface area contributed by atoms with E-state index in [0.29, 0.717) is 32.0 Å². The summed E-state index contributed by atoms with van der Waals surface area (Å²) >= 11 is 0.